The summed E-state index contributed by atoms with van der Waals surface area (Å²) in [7, 11) is 0. The Kier molecular flexibility index (Phi) is 3.93. The Bertz CT molecular complexity index is 842. The van der Waals surface area contributed by atoms with E-state index >= 15 is 0 Å². The van der Waals surface area contributed by atoms with E-state index in [1.54, 1.807) is 0 Å². The van der Waals surface area contributed by atoms with Crippen molar-refractivity contribution in [3.8, 4) is 0 Å². The predicted molar refractivity (Wildman–Crippen MR) is 73.1 cm³/mol. The SMILES string of the molecule is N=C(Nc1cccc(C(F)(F)F)c1)c1nonc1Cn1ncnn1. The number of hydrogen-bond donors (Lipinski definition) is 2. The summed E-state index contributed by atoms with van der Waals surface area (Å²) in [6, 6.07) is 4.46. The Morgan fingerprint density at radius 3 is 2.83 bits per heavy atom. The van der Waals surface area contributed by atoms with Gasteiger partial charge in [0.2, 0.25) is 0 Å². The first-order valence-electron chi connectivity index (χ1n) is 6.49. The van der Waals surface area contributed by atoms with Gasteiger partial charge in [-0.3, -0.25) is 5.41 Å². The molecule has 0 unspecified atom stereocenters. The molecule has 24 heavy (non-hydrogen) atoms. The Hall–Kier alpha value is -3.31. The highest BCUT2D eigenvalue weighted by molar-refractivity contribution is 6.05. The largest absolute Gasteiger partial charge is 0.416 e. The van der Waals surface area contributed by atoms with Crippen molar-refractivity contribution < 1.29 is 17.8 Å². The van der Waals surface area contributed by atoms with Crippen molar-refractivity contribution in [2.24, 2.45) is 0 Å². The minimum Gasteiger partial charge on any atom is -0.339 e. The summed E-state index contributed by atoms with van der Waals surface area (Å²) in [5.74, 6) is -0.273. The van der Waals surface area contributed by atoms with Gasteiger partial charge in [0.1, 0.15) is 12.2 Å². The number of nitrogens with zero attached hydrogens (tertiary/aromatic N) is 6. The number of aromatic nitrogens is 6. The molecule has 124 valence electrons. The number of benzene rings is 1. The summed E-state index contributed by atoms with van der Waals surface area (Å²) < 4.78 is 42.7. The van der Waals surface area contributed by atoms with Gasteiger partial charge in [-0.1, -0.05) is 11.2 Å². The normalized spacial score (nSPS) is 11.5. The molecule has 0 amide bonds. The lowest BCUT2D eigenvalue weighted by atomic mass is 10.2. The van der Waals surface area contributed by atoms with Crippen LogP contribution < -0.4 is 5.32 Å². The maximum atomic E-state index is 12.7. The molecule has 0 aliphatic heterocycles. The van der Waals surface area contributed by atoms with Gasteiger partial charge in [-0.25, -0.2) is 4.63 Å². The van der Waals surface area contributed by atoms with Crippen LogP contribution in [0.25, 0.3) is 0 Å². The number of alkyl halides is 3. The summed E-state index contributed by atoms with van der Waals surface area (Å²) in [4.78, 5) is 1.20. The van der Waals surface area contributed by atoms with Gasteiger partial charge in [0.15, 0.2) is 17.9 Å². The number of anilines is 1. The standard InChI is InChI=1S/C12H9F3N8O/c13-12(14,15)7-2-1-3-8(4-7)19-11(16)10-9(20-24-21-10)5-23-18-6-17-22-23/h1-4,6H,5H2,(H2,16,19). The molecular formula is C12H9F3N8O. The van der Waals surface area contributed by atoms with E-state index in [1.807, 2.05) is 0 Å². The topological polar surface area (TPSA) is 118 Å². The van der Waals surface area contributed by atoms with Gasteiger partial charge in [0.25, 0.3) is 0 Å². The Balaban J connectivity index is 1.78. The van der Waals surface area contributed by atoms with Crippen LogP contribution in [-0.2, 0) is 12.7 Å². The van der Waals surface area contributed by atoms with Gasteiger partial charge in [0, 0.05) is 5.69 Å². The monoisotopic (exact) mass is 338 g/mol. The first kappa shape index (κ1) is 15.6. The van der Waals surface area contributed by atoms with Crippen molar-refractivity contribution in [1.29, 1.82) is 5.41 Å². The molecular weight excluding hydrogens is 329 g/mol. The van der Waals surface area contributed by atoms with Gasteiger partial charge >= 0.3 is 6.18 Å². The number of hydrogen-bond acceptors (Lipinski definition) is 7. The van der Waals surface area contributed by atoms with Gasteiger partial charge in [-0.2, -0.15) is 18.0 Å². The third-order valence-electron chi connectivity index (χ3n) is 2.94. The van der Waals surface area contributed by atoms with E-state index in [2.05, 4.69) is 35.7 Å². The molecule has 9 nitrogen and oxygen atoms in total. The first-order chi connectivity index (χ1) is 11.4. The Morgan fingerprint density at radius 2 is 2.12 bits per heavy atom. The molecule has 1 aromatic carbocycles. The second-order valence-corrected chi connectivity index (χ2v) is 4.60. The van der Waals surface area contributed by atoms with Crippen molar-refractivity contribution in [1.82, 2.24) is 30.5 Å². The van der Waals surface area contributed by atoms with Crippen LogP contribution in [0.4, 0.5) is 18.9 Å². The summed E-state index contributed by atoms with van der Waals surface area (Å²) in [5.41, 5.74) is -0.476. The van der Waals surface area contributed by atoms with E-state index in [4.69, 9.17) is 5.41 Å². The van der Waals surface area contributed by atoms with Crippen LogP contribution in [0.15, 0.2) is 35.2 Å². The van der Waals surface area contributed by atoms with Gasteiger partial charge < -0.3 is 5.32 Å². The van der Waals surface area contributed by atoms with Crippen molar-refractivity contribution in [2.45, 2.75) is 12.7 Å². The molecule has 12 heteroatoms. The van der Waals surface area contributed by atoms with E-state index in [0.29, 0.717) is 0 Å². The Labute approximate surface area is 131 Å². The van der Waals surface area contributed by atoms with Crippen molar-refractivity contribution in [2.75, 3.05) is 5.32 Å². The highest BCUT2D eigenvalue weighted by Crippen LogP contribution is 2.30. The molecule has 2 N–H and O–H groups in total. The molecule has 2 heterocycles. The van der Waals surface area contributed by atoms with E-state index in [9.17, 15) is 13.2 Å². The zero-order valence-electron chi connectivity index (χ0n) is 11.8. The van der Waals surface area contributed by atoms with Gasteiger partial charge in [0.05, 0.1) is 5.56 Å². The van der Waals surface area contributed by atoms with Crippen LogP contribution in [0.5, 0.6) is 0 Å². The van der Waals surface area contributed by atoms with Crippen LogP contribution in [-0.4, -0.2) is 36.4 Å². The van der Waals surface area contributed by atoms with E-state index in [-0.39, 0.29) is 29.5 Å². The number of amidine groups is 1. The third-order valence-corrected chi connectivity index (χ3v) is 2.94. The third kappa shape index (κ3) is 3.37. The summed E-state index contributed by atoms with van der Waals surface area (Å²) in [5, 5.41) is 28.7. The van der Waals surface area contributed by atoms with Crippen molar-refractivity contribution in [3.63, 3.8) is 0 Å². The molecule has 0 radical (unpaired) electrons. The molecule has 0 bridgehead atoms. The van der Waals surface area contributed by atoms with E-state index < -0.39 is 11.7 Å². The maximum absolute atomic E-state index is 12.7. The second-order valence-electron chi connectivity index (χ2n) is 4.60. The number of rotatable bonds is 4. The fraction of sp³-hybridized carbons (Fsp3) is 0.167. The number of halogens is 3. The minimum absolute atomic E-state index is 0.0321. The maximum Gasteiger partial charge on any atom is 0.416 e. The molecule has 3 aromatic rings. The van der Waals surface area contributed by atoms with Gasteiger partial charge in [-0.05, 0) is 28.6 Å². The van der Waals surface area contributed by atoms with Crippen LogP contribution >= 0.6 is 0 Å². The van der Waals surface area contributed by atoms with Crippen LogP contribution in [0.3, 0.4) is 0 Å². The Morgan fingerprint density at radius 1 is 1.29 bits per heavy atom. The van der Waals surface area contributed by atoms with Crippen LogP contribution in [0.1, 0.15) is 17.0 Å². The van der Waals surface area contributed by atoms with Crippen molar-refractivity contribution in [3.05, 3.63) is 47.5 Å². The molecule has 2 aromatic heterocycles. The minimum atomic E-state index is -4.47. The molecule has 3 rings (SSSR count). The highest BCUT2D eigenvalue weighted by Gasteiger charge is 2.30. The fourth-order valence-electron chi connectivity index (χ4n) is 1.87. The van der Waals surface area contributed by atoms with Crippen LogP contribution in [0.2, 0.25) is 0 Å². The predicted octanol–water partition coefficient (Wildman–Crippen LogP) is 1.56. The molecule has 0 fully saturated rings. The smallest absolute Gasteiger partial charge is 0.339 e. The van der Waals surface area contributed by atoms with E-state index in [1.165, 1.54) is 23.3 Å². The molecule has 0 aliphatic rings. The zero-order valence-corrected chi connectivity index (χ0v) is 11.8. The average molecular weight is 338 g/mol. The molecule has 0 aliphatic carbocycles. The molecule has 0 saturated heterocycles. The van der Waals surface area contributed by atoms with Crippen molar-refractivity contribution >= 4 is 11.5 Å². The summed E-state index contributed by atoms with van der Waals surface area (Å²) in [6.45, 7) is 0.0471. The number of nitrogens with one attached hydrogen (secondary N) is 2. The van der Waals surface area contributed by atoms with Gasteiger partial charge in [-0.15, -0.1) is 10.2 Å². The zero-order chi connectivity index (χ0) is 17.2. The molecule has 0 spiro atoms. The first-order valence-corrected chi connectivity index (χ1v) is 6.49. The highest BCUT2D eigenvalue weighted by atomic mass is 19.4. The molecule has 0 atom stereocenters. The lowest BCUT2D eigenvalue weighted by molar-refractivity contribution is -0.137. The van der Waals surface area contributed by atoms with E-state index in [0.717, 1.165) is 12.1 Å². The average Bonchev–Trinajstić information content (AvgIpc) is 3.19. The van der Waals surface area contributed by atoms with Crippen LogP contribution in [0, 0.1) is 5.41 Å². The summed E-state index contributed by atoms with van der Waals surface area (Å²) >= 11 is 0. The lowest BCUT2D eigenvalue weighted by Crippen LogP contribution is -2.17. The lowest BCUT2D eigenvalue weighted by Gasteiger charge is -2.10. The fourth-order valence-corrected chi connectivity index (χ4v) is 1.87. The quantitative estimate of drug-likeness (QED) is 0.547. The number of tetrazole rings is 1. The summed E-state index contributed by atoms with van der Waals surface area (Å²) in [6.07, 6.45) is -3.25. The second kappa shape index (κ2) is 6.06. The molecule has 0 saturated carbocycles.